The number of rotatable bonds is 7. The molecule has 0 unspecified atom stereocenters. The SMILES string of the molecule is CCCOc1c(Br)cc(C(=O)OCn2nnc3ccccc3c2=O)cc1OC. The normalized spacial score (nSPS) is 10.7. The molecule has 0 bridgehead atoms. The summed E-state index contributed by atoms with van der Waals surface area (Å²) in [5.74, 6) is 0.276. The summed E-state index contributed by atoms with van der Waals surface area (Å²) in [6.07, 6.45) is 0.834. The average molecular weight is 448 g/mol. The fourth-order valence-electron chi connectivity index (χ4n) is 2.49. The molecular weight excluding hydrogens is 430 g/mol. The van der Waals surface area contributed by atoms with Gasteiger partial charge >= 0.3 is 5.97 Å². The molecule has 146 valence electrons. The molecule has 0 amide bonds. The number of benzene rings is 2. The Kier molecular flexibility index (Phi) is 6.25. The highest BCUT2D eigenvalue weighted by Gasteiger charge is 2.17. The zero-order valence-corrected chi connectivity index (χ0v) is 16.9. The minimum absolute atomic E-state index is 0.245. The zero-order valence-electron chi connectivity index (χ0n) is 15.3. The third kappa shape index (κ3) is 4.14. The van der Waals surface area contributed by atoms with Gasteiger partial charge in [0.15, 0.2) is 18.2 Å². The van der Waals surface area contributed by atoms with Crippen molar-refractivity contribution >= 4 is 32.8 Å². The van der Waals surface area contributed by atoms with Crippen LogP contribution in [0.3, 0.4) is 0 Å². The Hall–Kier alpha value is -2.94. The first-order valence-corrected chi connectivity index (χ1v) is 9.34. The number of nitrogens with zero attached hydrogens (tertiary/aromatic N) is 3. The Balaban J connectivity index is 1.79. The third-order valence-corrected chi connectivity index (χ3v) is 4.45. The van der Waals surface area contributed by atoms with E-state index in [9.17, 15) is 9.59 Å². The summed E-state index contributed by atoms with van der Waals surface area (Å²) in [6.45, 7) is 2.15. The van der Waals surface area contributed by atoms with Crippen molar-refractivity contribution in [1.82, 2.24) is 15.0 Å². The van der Waals surface area contributed by atoms with Gasteiger partial charge in [-0.2, -0.15) is 4.68 Å². The van der Waals surface area contributed by atoms with Gasteiger partial charge in [-0.1, -0.05) is 24.3 Å². The number of methoxy groups -OCH3 is 1. The Morgan fingerprint density at radius 3 is 2.79 bits per heavy atom. The van der Waals surface area contributed by atoms with E-state index >= 15 is 0 Å². The first-order chi connectivity index (χ1) is 13.5. The molecule has 28 heavy (non-hydrogen) atoms. The Bertz CT molecular complexity index is 1070. The molecule has 0 aliphatic rings. The predicted molar refractivity (Wildman–Crippen MR) is 106 cm³/mol. The van der Waals surface area contributed by atoms with Crippen molar-refractivity contribution in [2.45, 2.75) is 20.1 Å². The molecule has 1 heterocycles. The summed E-state index contributed by atoms with van der Waals surface area (Å²) in [7, 11) is 1.49. The van der Waals surface area contributed by atoms with Crippen molar-refractivity contribution < 1.29 is 19.0 Å². The van der Waals surface area contributed by atoms with Gasteiger partial charge in [-0.15, -0.1) is 5.10 Å². The Morgan fingerprint density at radius 2 is 2.04 bits per heavy atom. The molecule has 9 heteroatoms. The Labute approximate surface area is 169 Å². The van der Waals surface area contributed by atoms with E-state index in [1.807, 2.05) is 6.92 Å². The molecule has 0 aliphatic carbocycles. The van der Waals surface area contributed by atoms with Crippen molar-refractivity contribution in [3.8, 4) is 11.5 Å². The fourth-order valence-corrected chi connectivity index (χ4v) is 3.05. The summed E-state index contributed by atoms with van der Waals surface area (Å²) in [4.78, 5) is 24.8. The maximum Gasteiger partial charge on any atom is 0.340 e. The largest absolute Gasteiger partial charge is 0.493 e. The molecule has 0 saturated heterocycles. The van der Waals surface area contributed by atoms with Crippen molar-refractivity contribution in [2.24, 2.45) is 0 Å². The molecule has 0 saturated carbocycles. The van der Waals surface area contributed by atoms with Crippen LogP contribution in [0.4, 0.5) is 0 Å². The highest BCUT2D eigenvalue weighted by Crippen LogP contribution is 2.37. The number of esters is 1. The first-order valence-electron chi connectivity index (χ1n) is 8.55. The lowest BCUT2D eigenvalue weighted by Crippen LogP contribution is -2.26. The maximum atomic E-state index is 12.4. The van der Waals surface area contributed by atoms with E-state index in [0.717, 1.165) is 11.1 Å². The van der Waals surface area contributed by atoms with Crippen molar-refractivity contribution in [3.63, 3.8) is 0 Å². The number of hydrogen-bond acceptors (Lipinski definition) is 7. The third-order valence-electron chi connectivity index (χ3n) is 3.86. The number of carbonyl (C=O) groups is 1. The van der Waals surface area contributed by atoms with Gasteiger partial charge in [0.05, 0.1) is 29.1 Å². The highest BCUT2D eigenvalue weighted by molar-refractivity contribution is 9.10. The van der Waals surface area contributed by atoms with Gasteiger partial charge in [0.2, 0.25) is 0 Å². The van der Waals surface area contributed by atoms with Crippen molar-refractivity contribution in [2.75, 3.05) is 13.7 Å². The van der Waals surface area contributed by atoms with Crippen LogP contribution in [0.5, 0.6) is 11.5 Å². The molecule has 8 nitrogen and oxygen atoms in total. The molecule has 3 aromatic rings. The second-order valence-corrected chi connectivity index (χ2v) is 6.66. The number of ether oxygens (including phenoxy) is 3. The van der Waals surface area contributed by atoms with Gasteiger partial charge in [0, 0.05) is 0 Å². The number of hydrogen-bond donors (Lipinski definition) is 0. The van der Waals surface area contributed by atoms with E-state index in [-0.39, 0.29) is 17.9 Å². The lowest BCUT2D eigenvalue weighted by atomic mass is 10.2. The summed E-state index contributed by atoms with van der Waals surface area (Å²) in [6, 6.07) is 9.92. The first kappa shape index (κ1) is 19.8. The van der Waals surface area contributed by atoms with Gasteiger partial charge in [0.1, 0.15) is 5.52 Å². The van der Waals surface area contributed by atoms with Crippen LogP contribution in [0.25, 0.3) is 10.9 Å². The molecule has 0 N–H and O–H groups in total. The van der Waals surface area contributed by atoms with Gasteiger partial charge < -0.3 is 14.2 Å². The molecule has 2 aromatic carbocycles. The molecule has 0 aliphatic heterocycles. The monoisotopic (exact) mass is 447 g/mol. The van der Waals surface area contributed by atoms with Crippen molar-refractivity contribution in [3.05, 3.63) is 56.8 Å². The van der Waals surface area contributed by atoms with Crippen LogP contribution in [-0.2, 0) is 11.5 Å². The van der Waals surface area contributed by atoms with E-state index in [1.165, 1.54) is 13.2 Å². The predicted octanol–water partition coefficient (Wildman–Crippen LogP) is 3.17. The minimum Gasteiger partial charge on any atom is -0.493 e. The Morgan fingerprint density at radius 1 is 1.25 bits per heavy atom. The van der Waals surface area contributed by atoms with Crippen LogP contribution in [0.15, 0.2) is 45.7 Å². The number of fused-ring (bicyclic) bond motifs is 1. The summed E-state index contributed by atoms with van der Waals surface area (Å²) in [5.41, 5.74) is 0.334. The number of aromatic nitrogens is 3. The van der Waals surface area contributed by atoms with Crippen LogP contribution in [0.2, 0.25) is 0 Å². The zero-order chi connectivity index (χ0) is 20.1. The van der Waals surface area contributed by atoms with Crippen LogP contribution in [0.1, 0.15) is 23.7 Å². The standard InChI is InChI=1S/C19H18BrN3O5/c1-3-8-27-17-14(20)9-12(10-16(17)26-2)19(25)28-11-23-18(24)13-6-4-5-7-15(13)21-22-23/h4-7,9-10H,3,8,11H2,1-2H3. The van der Waals surface area contributed by atoms with Crippen LogP contribution < -0.4 is 15.0 Å². The van der Waals surface area contributed by atoms with Gasteiger partial charge in [-0.05, 0) is 46.6 Å². The molecule has 0 radical (unpaired) electrons. The molecular formula is C19H18BrN3O5. The molecule has 0 fully saturated rings. The topological polar surface area (TPSA) is 92.5 Å². The maximum absolute atomic E-state index is 12.4. The summed E-state index contributed by atoms with van der Waals surface area (Å²) >= 11 is 3.38. The summed E-state index contributed by atoms with van der Waals surface area (Å²) in [5, 5.41) is 8.14. The van der Waals surface area contributed by atoms with E-state index < -0.39 is 5.97 Å². The lowest BCUT2D eigenvalue weighted by Gasteiger charge is -2.14. The number of halogens is 1. The molecule has 1 aromatic heterocycles. The smallest absolute Gasteiger partial charge is 0.340 e. The number of carbonyl (C=O) groups excluding carboxylic acids is 1. The van der Waals surface area contributed by atoms with Crippen LogP contribution in [-0.4, -0.2) is 34.7 Å². The second-order valence-electron chi connectivity index (χ2n) is 5.81. The minimum atomic E-state index is -0.636. The van der Waals surface area contributed by atoms with Gasteiger partial charge in [-0.25, -0.2) is 4.79 Å². The average Bonchev–Trinajstić information content (AvgIpc) is 2.71. The van der Waals surface area contributed by atoms with E-state index in [0.29, 0.717) is 33.5 Å². The van der Waals surface area contributed by atoms with E-state index in [4.69, 9.17) is 14.2 Å². The summed E-state index contributed by atoms with van der Waals surface area (Å²) < 4.78 is 17.7. The van der Waals surface area contributed by atoms with E-state index in [2.05, 4.69) is 26.2 Å². The van der Waals surface area contributed by atoms with Gasteiger partial charge in [-0.3, -0.25) is 4.79 Å². The van der Waals surface area contributed by atoms with Crippen LogP contribution >= 0.6 is 15.9 Å². The van der Waals surface area contributed by atoms with Crippen LogP contribution in [0, 0.1) is 0 Å². The quantitative estimate of drug-likeness (QED) is 0.513. The van der Waals surface area contributed by atoms with E-state index in [1.54, 1.807) is 30.3 Å². The molecule has 3 rings (SSSR count). The van der Waals surface area contributed by atoms with Crippen molar-refractivity contribution in [1.29, 1.82) is 0 Å². The van der Waals surface area contributed by atoms with Gasteiger partial charge in [0.25, 0.3) is 5.56 Å². The molecule has 0 spiro atoms. The highest BCUT2D eigenvalue weighted by atomic mass is 79.9. The lowest BCUT2D eigenvalue weighted by molar-refractivity contribution is 0.0335. The molecule has 0 atom stereocenters. The fraction of sp³-hybridized carbons (Fsp3) is 0.263. The second kappa shape index (κ2) is 8.83.